The van der Waals surface area contributed by atoms with E-state index in [-0.39, 0.29) is 43.2 Å². The Kier molecular flexibility index (Phi) is 17.5. The largest absolute Gasteiger partial charge is 2.00 e. The van der Waals surface area contributed by atoms with Gasteiger partial charge in [-0.3, -0.25) is 0 Å². The summed E-state index contributed by atoms with van der Waals surface area (Å²) in [7, 11) is -10.5. The molecule has 0 rings (SSSR count). The molecule has 72 valence electrons. The van der Waals surface area contributed by atoms with Gasteiger partial charge in [0.2, 0.25) is 0 Å². The van der Waals surface area contributed by atoms with Crippen molar-refractivity contribution in [3.8, 4) is 0 Å². The summed E-state index contributed by atoms with van der Waals surface area (Å²) in [6.45, 7) is 0. The van der Waals surface area contributed by atoms with Crippen molar-refractivity contribution in [2.24, 2.45) is 0 Å². The molecule has 0 heterocycles. The van der Waals surface area contributed by atoms with Crippen LogP contribution in [0.25, 0.3) is 0 Å². The Morgan fingerprint density at radius 1 is 0.917 bits per heavy atom. The summed E-state index contributed by atoms with van der Waals surface area (Å²) < 4.78 is 17.2. The number of rotatable bonds is 0. The van der Waals surface area contributed by atoms with E-state index in [4.69, 9.17) is 38.5 Å². The van der Waals surface area contributed by atoms with E-state index in [1.165, 1.54) is 0 Å². The molecule has 9 nitrogen and oxygen atoms in total. The van der Waals surface area contributed by atoms with Gasteiger partial charge in [0.05, 0.1) is 7.82 Å². The van der Waals surface area contributed by atoms with Crippen LogP contribution in [0.15, 0.2) is 0 Å². The molecule has 0 aliphatic heterocycles. The molecule has 0 aliphatic carbocycles. The first-order valence-corrected chi connectivity index (χ1v) is 4.43. The van der Waals surface area contributed by atoms with E-state index < -0.39 is 15.6 Å². The maximum Gasteiger partial charge on any atom is 2.00 e. The van der Waals surface area contributed by atoms with Crippen LogP contribution in [0.5, 0.6) is 0 Å². The molecule has 0 saturated heterocycles. The van der Waals surface area contributed by atoms with E-state index in [0.29, 0.717) is 0 Å². The summed E-state index contributed by atoms with van der Waals surface area (Å²) in [6, 6.07) is 0. The second-order valence-corrected chi connectivity index (χ2v) is 2.75. The Labute approximate surface area is 96.8 Å². The number of phosphoric acid groups is 2. The second-order valence-electron chi connectivity index (χ2n) is 0.916. The van der Waals surface area contributed by atoms with Crippen LogP contribution in [0.3, 0.4) is 0 Å². The van der Waals surface area contributed by atoms with Gasteiger partial charge in [-0.25, -0.2) is 0 Å². The summed E-state index contributed by atoms with van der Waals surface area (Å²) in [5.74, 6) is 0. The molecule has 0 aromatic carbocycles. The van der Waals surface area contributed by atoms with E-state index in [1.54, 1.807) is 0 Å². The van der Waals surface area contributed by atoms with E-state index >= 15 is 0 Å². The average molecular weight is 249 g/mol. The molecule has 3 N–H and O–H groups in total. The Hall–Kier alpha value is 1.44. The maximum absolute atomic E-state index is 8.66. The Morgan fingerprint density at radius 2 is 0.917 bits per heavy atom. The Balaban J connectivity index is -0.0000000457. The second kappa shape index (κ2) is 9.01. The molecular weight excluding hydrogens is 246 g/mol. The van der Waals surface area contributed by atoms with Gasteiger partial charge in [0.15, 0.2) is 0 Å². The molecule has 0 aromatic rings. The normalized spacial score (nSPS) is 9.83. The summed E-state index contributed by atoms with van der Waals surface area (Å²) >= 11 is 0. The SMILES string of the molecule is O.O=P([O-])([O-])O.O=P([O-])([O-])[O-].[Ca+2]. The molecule has 0 fully saturated rings. The van der Waals surface area contributed by atoms with Crippen molar-refractivity contribution in [3.63, 3.8) is 0 Å². The van der Waals surface area contributed by atoms with Crippen LogP contribution >= 0.6 is 15.6 Å². The third kappa shape index (κ3) is 601. The first kappa shape index (κ1) is 23.3. The average Bonchev–Trinajstić information content (AvgIpc) is 1.12. The van der Waals surface area contributed by atoms with Crippen LogP contribution in [-0.2, 0) is 9.13 Å². The summed E-state index contributed by atoms with van der Waals surface area (Å²) in [6.07, 6.45) is 0. The van der Waals surface area contributed by atoms with Crippen molar-refractivity contribution < 1.29 is 44.0 Å². The summed E-state index contributed by atoms with van der Waals surface area (Å²) in [5.41, 5.74) is 0. The van der Waals surface area contributed by atoms with E-state index in [0.717, 1.165) is 0 Å². The van der Waals surface area contributed by atoms with Crippen molar-refractivity contribution in [2.75, 3.05) is 0 Å². The van der Waals surface area contributed by atoms with Crippen molar-refractivity contribution in [3.05, 3.63) is 0 Å². The predicted molar refractivity (Wildman–Crippen MR) is 26.8 cm³/mol. The van der Waals surface area contributed by atoms with Crippen LogP contribution in [0, 0.1) is 0 Å². The third-order valence-corrected chi connectivity index (χ3v) is 0. The smallest absolute Gasteiger partial charge is 0.822 e. The number of hydrogen-bond donors (Lipinski definition) is 1. The molecule has 0 atom stereocenters. The molecule has 0 aliphatic rings. The van der Waals surface area contributed by atoms with Gasteiger partial charge in [-0.05, 0) is 0 Å². The van der Waals surface area contributed by atoms with Gasteiger partial charge in [0.25, 0.3) is 0 Å². The Bertz CT molecular complexity index is 125. The molecule has 12 heteroatoms. The zero-order valence-corrected chi connectivity index (χ0v) is 9.40. The van der Waals surface area contributed by atoms with Crippen molar-refractivity contribution in [1.82, 2.24) is 0 Å². The zero-order valence-electron chi connectivity index (χ0n) is 5.41. The topological polar surface area (TPSA) is 201 Å². The molecule has 0 radical (unpaired) electrons. The molecule has 0 bridgehead atoms. The van der Waals surface area contributed by atoms with Crippen LogP contribution in [0.4, 0.5) is 0 Å². The third-order valence-electron chi connectivity index (χ3n) is 0. The monoisotopic (exact) mass is 249 g/mol. The minimum atomic E-state index is -5.39. The maximum atomic E-state index is 8.66. The molecule has 12 heavy (non-hydrogen) atoms. The fraction of sp³-hybridized carbons (Fsp3) is 0. The van der Waals surface area contributed by atoms with Gasteiger partial charge < -0.3 is 44.0 Å². The van der Waals surface area contributed by atoms with E-state index in [1.807, 2.05) is 0 Å². The molecule has 0 amide bonds. The first-order valence-electron chi connectivity index (χ1n) is 1.48. The molecule has 0 aromatic heterocycles. The van der Waals surface area contributed by atoms with E-state index in [2.05, 4.69) is 0 Å². The van der Waals surface area contributed by atoms with Crippen LogP contribution in [0.2, 0.25) is 0 Å². The van der Waals surface area contributed by atoms with Gasteiger partial charge in [-0.2, -0.15) is 7.82 Å². The van der Waals surface area contributed by atoms with Gasteiger partial charge in [0, 0.05) is 0 Å². The van der Waals surface area contributed by atoms with Gasteiger partial charge in [0.1, 0.15) is 0 Å². The van der Waals surface area contributed by atoms with Crippen LogP contribution < -0.4 is 24.5 Å². The Morgan fingerprint density at radius 3 is 0.917 bits per heavy atom. The summed E-state index contributed by atoms with van der Waals surface area (Å²) in [4.78, 5) is 49.9. The summed E-state index contributed by atoms with van der Waals surface area (Å²) in [5, 5.41) is 0. The van der Waals surface area contributed by atoms with Crippen LogP contribution in [-0.4, -0.2) is 48.1 Å². The minimum Gasteiger partial charge on any atom is -0.822 e. The van der Waals surface area contributed by atoms with Crippen LogP contribution in [0.1, 0.15) is 0 Å². The minimum absolute atomic E-state index is 0. The zero-order chi connectivity index (χ0) is 9.00. The molecule has 0 unspecified atom stereocenters. The van der Waals surface area contributed by atoms with Crippen molar-refractivity contribution in [2.45, 2.75) is 0 Å². The van der Waals surface area contributed by atoms with Gasteiger partial charge in [-0.15, -0.1) is 0 Å². The standard InChI is InChI=1S/Ca.2H3O4P.H2O/c;2*1-5(2,3)4;/h;2*(H3,1,2,3,4);1H2/q+2;;;/p-5. The number of hydrogen-bond acceptors (Lipinski definition) is 7. The molecule has 0 saturated carbocycles. The molecular formula is H3CaO9P2-3. The fourth-order valence-electron chi connectivity index (χ4n) is 0. The van der Waals surface area contributed by atoms with Crippen molar-refractivity contribution in [1.29, 1.82) is 0 Å². The van der Waals surface area contributed by atoms with E-state index in [9.17, 15) is 0 Å². The van der Waals surface area contributed by atoms with Gasteiger partial charge >= 0.3 is 37.7 Å². The van der Waals surface area contributed by atoms with Gasteiger partial charge in [-0.1, -0.05) is 0 Å². The fourth-order valence-corrected chi connectivity index (χ4v) is 0. The predicted octanol–water partition coefficient (Wildman–Crippen LogP) is -6.22. The first-order chi connectivity index (χ1) is 4.00. The quantitative estimate of drug-likeness (QED) is 0.322. The molecule has 0 spiro atoms. The van der Waals surface area contributed by atoms with Crippen molar-refractivity contribution >= 4 is 53.4 Å².